The summed E-state index contributed by atoms with van der Waals surface area (Å²) >= 11 is 14.8. The summed E-state index contributed by atoms with van der Waals surface area (Å²) in [6.07, 6.45) is 2.34. The Balaban J connectivity index is 1.72. The third-order valence-corrected chi connectivity index (χ3v) is 6.21. The number of aromatic nitrogens is 1. The fourth-order valence-corrected chi connectivity index (χ4v) is 4.41. The van der Waals surface area contributed by atoms with E-state index in [1.807, 2.05) is 6.26 Å². The van der Waals surface area contributed by atoms with Crippen LogP contribution in [0.15, 0.2) is 47.8 Å². The van der Waals surface area contributed by atoms with E-state index in [1.165, 1.54) is 35.6 Å². The van der Waals surface area contributed by atoms with Gasteiger partial charge in [-0.1, -0.05) is 35.3 Å². The third kappa shape index (κ3) is 6.43. The van der Waals surface area contributed by atoms with Gasteiger partial charge in [-0.05, 0) is 48.8 Å². The molecule has 10 heteroatoms. The molecule has 2 amide bonds. The summed E-state index contributed by atoms with van der Waals surface area (Å²) < 4.78 is 13.5. The van der Waals surface area contributed by atoms with Gasteiger partial charge >= 0.3 is 0 Å². The van der Waals surface area contributed by atoms with E-state index in [0.29, 0.717) is 33.6 Å². The standard InChI is InChI=1S/C21H18Cl2FN3O2S2/c1-30-8-7-17(25-19(28)15-6-5-13(22)10-16(15)23)20(29)27-21-26-18(11-31-21)12-3-2-4-14(24)9-12/h2-6,9-11,17H,7-8H2,1H3,(H,25,28)(H,26,27,29). The van der Waals surface area contributed by atoms with Crippen molar-refractivity contribution in [2.75, 3.05) is 17.3 Å². The number of thioether (sulfide) groups is 1. The molecule has 1 heterocycles. The van der Waals surface area contributed by atoms with E-state index in [1.54, 1.807) is 35.3 Å². The summed E-state index contributed by atoms with van der Waals surface area (Å²) in [6, 6.07) is 9.81. The van der Waals surface area contributed by atoms with Crippen LogP contribution in [0, 0.1) is 5.82 Å². The van der Waals surface area contributed by atoms with Gasteiger partial charge in [-0.15, -0.1) is 11.3 Å². The van der Waals surface area contributed by atoms with Crippen LogP contribution in [-0.2, 0) is 4.79 Å². The predicted octanol–water partition coefficient (Wildman–Crippen LogP) is 5.75. The average molecular weight is 498 g/mol. The van der Waals surface area contributed by atoms with E-state index >= 15 is 0 Å². The summed E-state index contributed by atoms with van der Waals surface area (Å²) in [5, 5.41) is 8.17. The van der Waals surface area contributed by atoms with Crippen molar-refractivity contribution < 1.29 is 14.0 Å². The highest BCUT2D eigenvalue weighted by atomic mass is 35.5. The van der Waals surface area contributed by atoms with Crippen LogP contribution in [0.5, 0.6) is 0 Å². The predicted molar refractivity (Wildman–Crippen MR) is 127 cm³/mol. The van der Waals surface area contributed by atoms with Crippen LogP contribution in [0.4, 0.5) is 9.52 Å². The molecule has 0 spiro atoms. The number of hydrogen-bond acceptors (Lipinski definition) is 5. The first-order chi connectivity index (χ1) is 14.9. The number of halogens is 3. The zero-order chi connectivity index (χ0) is 22.4. The maximum absolute atomic E-state index is 13.5. The van der Waals surface area contributed by atoms with Crippen molar-refractivity contribution in [1.82, 2.24) is 10.3 Å². The molecule has 1 aromatic heterocycles. The van der Waals surface area contributed by atoms with Gasteiger partial charge in [-0.25, -0.2) is 9.37 Å². The molecule has 0 saturated heterocycles. The average Bonchev–Trinajstić information content (AvgIpc) is 3.19. The molecule has 0 radical (unpaired) electrons. The largest absolute Gasteiger partial charge is 0.340 e. The van der Waals surface area contributed by atoms with E-state index in [-0.39, 0.29) is 16.4 Å². The minimum absolute atomic E-state index is 0.202. The lowest BCUT2D eigenvalue weighted by Crippen LogP contribution is -2.44. The molecule has 5 nitrogen and oxygen atoms in total. The lowest BCUT2D eigenvalue weighted by atomic mass is 10.1. The van der Waals surface area contributed by atoms with Gasteiger partial charge in [0.15, 0.2) is 5.13 Å². The molecule has 2 aromatic carbocycles. The van der Waals surface area contributed by atoms with E-state index in [2.05, 4.69) is 15.6 Å². The summed E-state index contributed by atoms with van der Waals surface area (Å²) in [5.74, 6) is -0.564. The van der Waals surface area contributed by atoms with Crippen molar-refractivity contribution in [3.63, 3.8) is 0 Å². The van der Waals surface area contributed by atoms with Crippen LogP contribution < -0.4 is 10.6 Å². The van der Waals surface area contributed by atoms with E-state index in [4.69, 9.17) is 23.2 Å². The molecule has 3 aromatic rings. The Hall–Kier alpha value is -2.13. The second kappa shape index (κ2) is 10.9. The lowest BCUT2D eigenvalue weighted by Gasteiger charge is -2.18. The number of benzene rings is 2. The summed E-state index contributed by atoms with van der Waals surface area (Å²) in [7, 11) is 0. The van der Waals surface area contributed by atoms with Crippen LogP contribution in [0.25, 0.3) is 11.3 Å². The molecule has 1 atom stereocenters. The molecular weight excluding hydrogens is 480 g/mol. The molecule has 0 aliphatic heterocycles. The maximum Gasteiger partial charge on any atom is 0.253 e. The quantitative estimate of drug-likeness (QED) is 0.415. The Bertz CT molecular complexity index is 1090. The van der Waals surface area contributed by atoms with Crippen LogP contribution >= 0.6 is 46.3 Å². The highest BCUT2D eigenvalue weighted by Gasteiger charge is 2.23. The molecule has 3 rings (SSSR count). The smallest absolute Gasteiger partial charge is 0.253 e. The first-order valence-electron chi connectivity index (χ1n) is 9.14. The van der Waals surface area contributed by atoms with Gasteiger partial charge < -0.3 is 10.6 Å². The number of carbonyl (C=O) groups excluding carboxylic acids is 2. The number of nitrogens with one attached hydrogen (secondary N) is 2. The van der Waals surface area contributed by atoms with Gasteiger partial charge in [0.1, 0.15) is 11.9 Å². The minimum atomic E-state index is -0.784. The molecular formula is C21H18Cl2FN3O2S2. The second-order valence-electron chi connectivity index (χ2n) is 6.47. The van der Waals surface area contributed by atoms with Crippen molar-refractivity contribution in [1.29, 1.82) is 0 Å². The van der Waals surface area contributed by atoms with Crippen LogP contribution in [0.1, 0.15) is 16.8 Å². The van der Waals surface area contributed by atoms with Gasteiger partial charge in [0.25, 0.3) is 5.91 Å². The van der Waals surface area contributed by atoms with Crippen LogP contribution in [0.3, 0.4) is 0 Å². The van der Waals surface area contributed by atoms with Crippen molar-refractivity contribution in [2.24, 2.45) is 0 Å². The van der Waals surface area contributed by atoms with Crippen LogP contribution in [0.2, 0.25) is 10.0 Å². The summed E-state index contributed by atoms with van der Waals surface area (Å²) in [4.78, 5) is 29.8. The van der Waals surface area contributed by atoms with Gasteiger partial charge in [0.2, 0.25) is 5.91 Å². The second-order valence-corrected chi connectivity index (χ2v) is 9.16. The number of anilines is 1. The fourth-order valence-electron chi connectivity index (χ4n) is 2.72. The van der Waals surface area contributed by atoms with Crippen molar-refractivity contribution in [3.05, 3.63) is 69.3 Å². The Morgan fingerprint density at radius 3 is 2.74 bits per heavy atom. The number of rotatable bonds is 8. The van der Waals surface area contributed by atoms with E-state index in [9.17, 15) is 14.0 Å². The van der Waals surface area contributed by atoms with Crippen molar-refractivity contribution in [2.45, 2.75) is 12.5 Å². The molecule has 0 aliphatic rings. The van der Waals surface area contributed by atoms with Crippen molar-refractivity contribution >= 4 is 63.2 Å². The highest BCUT2D eigenvalue weighted by molar-refractivity contribution is 7.98. The Morgan fingerprint density at radius 2 is 2.03 bits per heavy atom. The molecule has 1 unspecified atom stereocenters. The number of thiazole rings is 1. The van der Waals surface area contributed by atoms with Crippen LogP contribution in [-0.4, -0.2) is 34.8 Å². The lowest BCUT2D eigenvalue weighted by molar-refractivity contribution is -0.118. The SMILES string of the molecule is CSCCC(NC(=O)c1ccc(Cl)cc1Cl)C(=O)Nc1nc(-c2cccc(F)c2)cs1. The monoisotopic (exact) mass is 497 g/mol. The fraction of sp³-hybridized carbons (Fsp3) is 0.190. The molecule has 0 saturated carbocycles. The maximum atomic E-state index is 13.5. The first kappa shape index (κ1) is 23.5. The molecule has 2 N–H and O–H groups in total. The number of hydrogen-bond donors (Lipinski definition) is 2. The van der Waals surface area contributed by atoms with E-state index < -0.39 is 17.9 Å². The molecule has 0 fully saturated rings. The highest BCUT2D eigenvalue weighted by Crippen LogP contribution is 2.26. The Morgan fingerprint density at radius 1 is 1.23 bits per heavy atom. The Kier molecular flexibility index (Phi) is 8.31. The van der Waals surface area contributed by atoms with E-state index in [0.717, 1.165) is 0 Å². The normalized spacial score (nSPS) is 11.7. The summed E-state index contributed by atoms with van der Waals surface area (Å²) in [5.41, 5.74) is 1.40. The molecule has 31 heavy (non-hydrogen) atoms. The molecule has 0 aliphatic carbocycles. The molecule has 162 valence electrons. The molecule has 0 bridgehead atoms. The minimum Gasteiger partial charge on any atom is -0.340 e. The van der Waals surface area contributed by atoms with Gasteiger partial charge in [-0.3, -0.25) is 9.59 Å². The third-order valence-electron chi connectivity index (χ3n) is 4.26. The number of carbonyl (C=O) groups is 2. The number of amides is 2. The zero-order valence-electron chi connectivity index (χ0n) is 16.3. The van der Waals surface area contributed by atoms with Crippen molar-refractivity contribution in [3.8, 4) is 11.3 Å². The van der Waals surface area contributed by atoms with Gasteiger partial charge in [0.05, 0.1) is 16.3 Å². The van der Waals surface area contributed by atoms with Gasteiger partial charge in [-0.2, -0.15) is 11.8 Å². The Labute approximate surface area is 197 Å². The zero-order valence-corrected chi connectivity index (χ0v) is 19.5. The van der Waals surface area contributed by atoms with Gasteiger partial charge in [0, 0.05) is 16.0 Å². The first-order valence-corrected chi connectivity index (χ1v) is 12.2. The topological polar surface area (TPSA) is 71.1 Å². The summed E-state index contributed by atoms with van der Waals surface area (Å²) in [6.45, 7) is 0. The number of nitrogens with zero attached hydrogens (tertiary/aromatic N) is 1.